The molecule has 1 aromatic rings. The molecule has 0 saturated carbocycles. The Morgan fingerprint density at radius 3 is 3.07 bits per heavy atom. The van der Waals surface area contributed by atoms with Crippen molar-refractivity contribution in [3.8, 4) is 0 Å². The highest BCUT2D eigenvalue weighted by atomic mass is 16.5. The molecular formula is C10H13N2O2. The highest BCUT2D eigenvalue weighted by Crippen LogP contribution is 2.19. The number of aromatic nitrogens is 2. The van der Waals surface area contributed by atoms with Crippen molar-refractivity contribution >= 4 is 5.78 Å². The van der Waals surface area contributed by atoms with Gasteiger partial charge in [0.25, 0.3) is 0 Å². The van der Waals surface area contributed by atoms with Crippen LogP contribution in [0.5, 0.6) is 0 Å². The zero-order chi connectivity index (χ0) is 9.80. The van der Waals surface area contributed by atoms with E-state index in [1.54, 1.807) is 6.20 Å². The summed E-state index contributed by atoms with van der Waals surface area (Å²) in [5, 5.41) is 0. The Morgan fingerprint density at radius 2 is 2.43 bits per heavy atom. The summed E-state index contributed by atoms with van der Waals surface area (Å²) in [4.78, 5) is 18.1. The van der Waals surface area contributed by atoms with Gasteiger partial charge in [-0.2, -0.15) is 0 Å². The molecule has 1 aliphatic heterocycles. The Morgan fingerprint density at radius 1 is 1.64 bits per heavy atom. The molecule has 1 aliphatic rings. The molecule has 0 bridgehead atoms. The SMILES string of the molecule is O=C(CC1CCOCC1)c1c[nH][c]n1. The number of hydrogen-bond acceptors (Lipinski definition) is 3. The highest BCUT2D eigenvalue weighted by molar-refractivity contribution is 5.94. The number of imidazole rings is 1. The number of hydrogen-bond donors (Lipinski definition) is 1. The molecular weight excluding hydrogens is 180 g/mol. The summed E-state index contributed by atoms with van der Waals surface area (Å²) >= 11 is 0. The third-order valence-corrected chi connectivity index (χ3v) is 2.55. The second-order valence-electron chi connectivity index (χ2n) is 3.58. The van der Waals surface area contributed by atoms with E-state index in [1.165, 1.54) is 0 Å². The Labute approximate surface area is 82.7 Å². The number of ether oxygens (including phenoxy) is 1. The van der Waals surface area contributed by atoms with Crippen molar-refractivity contribution in [3.05, 3.63) is 18.2 Å². The van der Waals surface area contributed by atoms with Crippen molar-refractivity contribution in [2.45, 2.75) is 19.3 Å². The summed E-state index contributed by atoms with van der Waals surface area (Å²) in [7, 11) is 0. The maximum absolute atomic E-state index is 11.6. The van der Waals surface area contributed by atoms with E-state index in [1.807, 2.05) is 0 Å². The lowest BCUT2D eigenvalue weighted by molar-refractivity contribution is 0.0599. The van der Waals surface area contributed by atoms with Crippen molar-refractivity contribution in [2.24, 2.45) is 5.92 Å². The number of aromatic amines is 1. The van der Waals surface area contributed by atoms with Gasteiger partial charge in [0.05, 0.1) is 0 Å². The number of nitrogens with one attached hydrogen (secondary N) is 1. The minimum Gasteiger partial charge on any atom is -0.381 e. The van der Waals surface area contributed by atoms with Gasteiger partial charge in [-0.3, -0.25) is 4.79 Å². The van der Waals surface area contributed by atoms with Crippen LogP contribution < -0.4 is 0 Å². The van der Waals surface area contributed by atoms with Gasteiger partial charge in [-0.25, -0.2) is 4.98 Å². The number of ketones is 1. The van der Waals surface area contributed by atoms with E-state index in [0.717, 1.165) is 26.1 Å². The maximum Gasteiger partial charge on any atom is 0.183 e. The molecule has 0 atom stereocenters. The molecule has 14 heavy (non-hydrogen) atoms. The largest absolute Gasteiger partial charge is 0.381 e. The van der Waals surface area contributed by atoms with Gasteiger partial charge in [0.1, 0.15) is 5.69 Å². The van der Waals surface area contributed by atoms with Crippen molar-refractivity contribution < 1.29 is 9.53 Å². The van der Waals surface area contributed by atoms with Crippen LogP contribution in [0.15, 0.2) is 6.20 Å². The number of Topliss-reactive ketones (excluding diaryl/α,β-unsaturated/α-hetero) is 1. The fraction of sp³-hybridized carbons (Fsp3) is 0.600. The number of H-pyrrole nitrogens is 1. The summed E-state index contributed by atoms with van der Waals surface area (Å²) in [6.45, 7) is 1.56. The lowest BCUT2D eigenvalue weighted by Crippen LogP contribution is -2.18. The molecule has 0 spiro atoms. The Bertz CT molecular complexity index is 289. The van der Waals surface area contributed by atoms with E-state index >= 15 is 0 Å². The lowest BCUT2D eigenvalue weighted by Gasteiger charge is -2.20. The molecule has 1 radical (unpaired) electrons. The second-order valence-corrected chi connectivity index (χ2v) is 3.58. The smallest absolute Gasteiger partial charge is 0.183 e. The molecule has 1 aromatic heterocycles. The quantitative estimate of drug-likeness (QED) is 0.734. The topological polar surface area (TPSA) is 55.0 Å². The zero-order valence-corrected chi connectivity index (χ0v) is 7.95. The lowest BCUT2D eigenvalue weighted by atomic mass is 9.94. The first-order valence-corrected chi connectivity index (χ1v) is 4.88. The van der Waals surface area contributed by atoms with Gasteiger partial charge in [-0.1, -0.05) is 0 Å². The standard InChI is InChI=1S/C10H13N2O2/c13-10(9-6-11-7-12-9)5-8-1-3-14-4-2-8/h6,8H,1-5H2,(H,11,12). The summed E-state index contributed by atoms with van der Waals surface area (Å²) < 4.78 is 5.23. The molecule has 2 rings (SSSR count). The number of carbonyl (C=O) groups is 1. The van der Waals surface area contributed by atoms with Gasteiger partial charge in [0.2, 0.25) is 0 Å². The Balaban J connectivity index is 1.87. The molecule has 2 heterocycles. The molecule has 1 N–H and O–H groups in total. The first kappa shape index (κ1) is 9.40. The molecule has 4 nitrogen and oxygen atoms in total. The van der Waals surface area contributed by atoms with Gasteiger partial charge >= 0.3 is 0 Å². The molecule has 0 unspecified atom stereocenters. The van der Waals surface area contributed by atoms with Gasteiger partial charge in [0.15, 0.2) is 12.1 Å². The monoisotopic (exact) mass is 193 g/mol. The van der Waals surface area contributed by atoms with Crippen LogP contribution in [0.1, 0.15) is 29.8 Å². The summed E-state index contributed by atoms with van der Waals surface area (Å²) in [6, 6.07) is 0. The fourth-order valence-electron chi connectivity index (χ4n) is 1.69. The van der Waals surface area contributed by atoms with Crippen LogP contribution in [-0.2, 0) is 4.74 Å². The summed E-state index contributed by atoms with van der Waals surface area (Å²) in [6.07, 6.45) is 6.68. The van der Waals surface area contributed by atoms with Crippen molar-refractivity contribution in [2.75, 3.05) is 13.2 Å². The molecule has 0 amide bonds. The van der Waals surface area contributed by atoms with Crippen molar-refractivity contribution in [1.82, 2.24) is 9.97 Å². The van der Waals surface area contributed by atoms with Crippen LogP contribution in [0.4, 0.5) is 0 Å². The summed E-state index contributed by atoms with van der Waals surface area (Å²) in [5.41, 5.74) is 0.497. The molecule has 1 saturated heterocycles. The molecule has 1 fully saturated rings. The Hall–Kier alpha value is -1.16. The van der Waals surface area contributed by atoms with E-state index in [-0.39, 0.29) is 5.78 Å². The number of carbonyl (C=O) groups excluding carboxylic acids is 1. The fourth-order valence-corrected chi connectivity index (χ4v) is 1.69. The molecule has 0 aromatic carbocycles. The predicted molar refractivity (Wildman–Crippen MR) is 49.9 cm³/mol. The zero-order valence-electron chi connectivity index (χ0n) is 7.95. The van der Waals surface area contributed by atoms with E-state index < -0.39 is 0 Å². The molecule has 75 valence electrons. The van der Waals surface area contributed by atoms with E-state index in [2.05, 4.69) is 16.3 Å². The third-order valence-electron chi connectivity index (χ3n) is 2.55. The average molecular weight is 193 g/mol. The third kappa shape index (κ3) is 2.20. The normalized spacial score (nSPS) is 18.3. The van der Waals surface area contributed by atoms with Crippen molar-refractivity contribution in [1.29, 1.82) is 0 Å². The molecule has 4 heteroatoms. The first-order chi connectivity index (χ1) is 6.86. The van der Waals surface area contributed by atoms with E-state index in [0.29, 0.717) is 18.0 Å². The summed E-state index contributed by atoms with van der Waals surface area (Å²) in [5.74, 6) is 0.572. The average Bonchev–Trinajstić information content (AvgIpc) is 2.72. The van der Waals surface area contributed by atoms with Crippen LogP contribution >= 0.6 is 0 Å². The van der Waals surface area contributed by atoms with Gasteiger partial charge in [-0.05, 0) is 18.8 Å². The van der Waals surface area contributed by atoms with Crippen LogP contribution in [0.25, 0.3) is 0 Å². The van der Waals surface area contributed by atoms with Crippen LogP contribution in [0.3, 0.4) is 0 Å². The van der Waals surface area contributed by atoms with Gasteiger partial charge in [0, 0.05) is 25.8 Å². The van der Waals surface area contributed by atoms with E-state index in [4.69, 9.17) is 4.74 Å². The molecule has 0 aliphatic carbocycles. The highest BCUT2D eigenvalue weighted by Gasteiger charge is 2.19. The van der Waals surface area contributed by atoms with E-state index in [9.17, 15) is 4.79 Å². The first-order valence-electron chi connectivity index (χ1n) is 4.88. The van der Waals surface area contributed by atoms with Gasteiger partial charge < -0.3 is 9.72 Å². The maximum atomic E-state index is 11.6. The second kappa shape index (κ2) is 4.37. The Kier molecular flexibility index (Phi) is 2.93. The number of nitrogens with zero attached hydrogens (tertiary/aromatic N) is 1. The minimum atomic E-state index is 0.106. The van der Waals surface area contributed by atoms with Crippen LogP contribution in [-0.4, -0.2) is 29.0 Å². The van der Waals surface area contributed by atoms with Crippen LogP contribution in [0, 0.1) is 12.2 Å². The predicted octanol–water partition coefficient (Wildman–Crippen LogP) is 1.21. The van der Waals surface area contributed by atoms with Gasteiger partial charge in [-0.15, -0.1) is 0 Å². The minimum absolute atomic E-state index is 0.106. The van der Waals surface area contributed by atoms with Crippen molar-refractivity contribution in [3.63, 3.8) is 0 Å². The number of rotatable bonds is 3. The van der Waals surface area contributed by atoms with Crippen LogP contribution in [0.2, 0.25) is 0 Å².